The molecule has 3 unspecified atom stereocenters. The molecule has 1 nitrogen and oxygen atoms in total. The summed E-state index contributed by atoms with van der Waals surface area (Å²) in [5.41, 5.74) is 0. The topological polar surface area (TPSA) is 17.1 Å². The summed E-state index contributed by atoms with van der Waals surface area (Å²) in [5.74, 6) is -0.241. The lowest BCUT2D eigenvalue weighted by Crippen LogP contribution is -2.33. The van der Waals surface area contributed by atoms with Crippen LogP contribution >= 0.6 is 34.8 Å². The van der Waals surface area contributed by atoms with Crippen molar-refractivity contribution in [3.05, 3.63) is 0 Å². The van der Waals surface area contributed by atoms with Gasteiger partial charge >= 0.3 is 0 Å². The van der Waals surface area contributed by atoms with Crippen molar-refractivity contribution in [3.8, 4) is 0 Å². The maximum Gasteiger partial charge on any atom is 0.226 e. The summed E-state index contributed by atoms with van der Waals surface area (Å²) in [7, 11) is 0. The van der Waals surface area contributed by atoms with Gasteiger partial charge in [0.1, 0.15) is 0 Å². The van der Waals surface area contributed by atoms with Crippen LogP contribution in [0.25, 0.3) is 0 Å². The number of halogens is 3. The maximum atomic E-state index is 10.8. The van der Waals surface area contributed by atoms with Gasteiger partial charge < -0.3 is 0 Å². The first kappa shape index (κ1) is 9.63. The Morgan fingerprint density at radius 2 is 1.91 bits per heavy atom. The van der Waals surface area contributed by atoms with E-state index in [4.69, 9.17) is 34.8 Å². The minimum atomic E-state index is -0.352. The molecule has 0 saturated heterocycles. The summed E-state index contributed by atoms with van der Waals surface area (Å²) < 4.78 is 0. The van der Waals surface area contributed by atoms with Gasteiger partial charge in [-0.2, -0.15) is 0 Å². The molecule has 1 fully saturated rings. The Kier molecular flexibility index (Phi) is 3.48. The van der Waals surface area contributed by atoms with Crippen molar-refractivity contribution >= 4 is 40.0 Å². The molecule has 64 valence electrons. The Morgan fingerprint density at radius 3 is 2.36 bits per heavy atom. The molecule has 1 aliphatic rings. The van der Waals surface area contributed by atoms with E-state index in [0.29, 0.717) is 0 Å². The summed E-state index contributed by atoms with van der Waals surface area (Å²) in [5, 5.41) is -0.733. The van der Waals surface area contributed by atoms with Crippen LogP contribution in [0.15, 0.2) is 0 Å². The number of carbonyl (C=O) groups excluding carboxylic acids is 1. The van der Waals surface area contributed by atoms with Gasteiger partial charge in [0.2, 0.25) is 5.24 Å². The van der Waals surface area contributed by atoms with Crippen molar-refractivity contribution in [2.75, 3.05) is 0 Å². The van der Waals surface area contributed by atoms with Crippen LogP contribution in [0.3, 0.4) is 0 Å². The summed E-state index contributed by atoms with van der Waals surface area (Å²) in [6, 6.07) is 0. The van der Waals surface area contributed by atoms with Crippen molar-refractivity contribution in [1.29, 1.82) is 0 Å². The first-order chi connectivity index (χ1) is 5.13. The number of hydrogen-bond acceptors (Lipinski definition) is 1. The summed E-state index contributed by atoms with van der Waals surface area (Å²) in [6.07, 6.45) is 2.61. The fourth-order valence-corrected chi connectivity index (χ4v) is 2.35. The minimum absolute atomic E-state index is 0.0990. The van der Waals surface area contributed by atoms with Crippen LogP contribution in [0.2, 0.25) is 0 Å². The third kappa shape index (κ3) is 2.24. The van der Waals surface area contributed by atoms with Crippen LogP contribution in [0.5, 0.6) is 0 Å². The highest BCUT2D eigenvalue weighted by molar-refractivity contribution is 6.64. The second kappa shape index (κ2) is 3.97. The Labute approximate surface area is 81.0 Å². The van der Waals surface area contributed by atoms with Gasteiger partial charge in [0, 0.05) is 0 Å². The standard InChI is InChI=1S/C7H9Cl3O/c8-5-3-1-2-4(6(5)9)7(10)11/h4-6H,1-3H2. The van der Waals surface area contributed by atoms with Crippen molar-refractivity contribution in [1.82, 2.24) is 0 Å². The molecule has 3 atom stereocenters. The van der Waals surface area contributed by atoms with Crippen LogP contribution in [-0.4, -0.2) is 16.0 Å². The summed E-state index contributed by atoms with van der Waals surface area (Å²) in [6.45, 7) is 0. The van der Waals surface area contributed by atoms with Gasteiger partial charge in [-0.1, -0.05) is 6.42 Å². The quantitative estimate of drug-likeness (QED) is 0.486. The molecule has 0 bridgehead atoms. The van der Waals surface area contributed by atoms with Gasteiger partial charge in [0.25, 0.3) is 0 Å². The molecule has 0 heterocycles. The second-order valence-corrected chi connectivity index (χ2v) is 4.24. The molecule has 1 rings (SSSR count). The van der Waals surface area contributed by atoms with Crippen LogP contribution < -0.4 is 0 Å². The fraction of sp³-hybridized carbons (Fsp3) is 0.857. The first-order valence-corrected chi connectivity index (χ1v) is 4.85. The van der Waals surface area contributed by atoms with E-state index in [1.807, 2.05) is 0 Å². The predicted molar refractivity (Wildman–Crippen MR) is 47.5 cm³/mol. The normalized spacial score (nSPS) is 38.6. The van der Waals surface area contributed by atoms with E-state index in [2.05, 4.69) is 0 Å². The largest absolute Gasteiger partial charge is 0.281 e. The van der Waals surface area contributed by atoms with Crippen molar-refractivity contribution < 1.29 is 4.79 Å². The maximum absolute atomic E-state index is 10.8. The fourth-order valence-electron chi connectivity index (χ4n) is 1.34. The van der Waals surface area contributed by atoms with Crippen molar-refractivity contribution in [2.24, 2.45) is 5.92 Å². The molecule has 0 aromatic carbocycles. The molecular formula is C7H9Cl3O. The van der Waals surface area contributed by atoms with Crippen LogP contribution in [0.4, 0.5) is 0 Å². The van der Waals surface area contributed by atoms with Gasteiger partial charge in [-0.05, 0) is 24.4 Å². The molecule has 0 radical (unpaired) electrons. The molecule has 0 N–H and O–H groups in total. The second-order valence-electron chi connectivity index (χ2n) is 2.80. The zero-order valence-electron chi connectivity index (χ0n) is 5.90. The van der Waals surface area contributed by atoms with E-state index in [1.54, 1.807) is 0 Å². The SMILES string of the molecule is O=C(Cl)C1CCCC(Cl)C1Cl. The van der Waals surface area contributed by atoms with Gasteiger partial charge in [-0.15, -0.1) is 23.2 Å². The van der Waals surface area contributed by atoms with E-state index in [9.17, 15) is 4.79 Å². The van der Waals surface area contributed by atoms with Crippen LogP contribution in [0.1, 0.15) is 19.3 Å². The third-order valence-corrected chi connectivity index (χ3v) is 3.52. The summed E-state index contributed by atoms with van der Waals surface area (Å²) >= 11 is 17.1. The van der Waals surface area contributed by atoms with Crippen molar-refractivity contribution in [3.63, 3.8) is 0 Å². The lowest BCUT2D eigenvalue weighted by molar-refractivity contribution is -0.115. The lowest BCUT2D eigenvalue weighted by Gasteiger charge is -2.27. The Hall–Kier alpha value is 0.540. The molecule has 1 saturated carbocycles. The Bertz CT molecular complexity index is 160. The predicted octanol–water partition coefficient (Wildman–Crippen LogP) is 2.77. The molecule has 1 aliphatic carbocycles. The van der Waals surface area contributed by atoms with Crippen LogP contribution in [0, 0.1) is 5.92 Å². The number of hydrogen-bond donors (Lipinski definition) is 0. The Balaban J connectivity index is 2.58. The number of rotatable bonds is 1. The van der Waals surface area contributed by atoms with E-state index in [0.717, 1.165) is 19.3 Å². The molecule has 0 spiro atoms. The third-order valence-electron chi connectivity index (χ3n) is 2.02. The lowest BCUT2D eigenvalue weighted by atomic mass is 9.89. The van der Waals surface area contributed by atoms with Crippen molar-refractivity contribution in [2.45, 2.75) is 30.0 Å². The highest BCUT2D eigenvalue weighted by Crippen LogP contribution is 2.33. The van der Waals surface area contributed by atoms with Gasteiger partial charge in [-0.25, -0.2) is 0 Å². The zero-order chi connectivity index (χ0) is 8.43. The highest BCUT2D eigenvalue weighted by Gasteiger charge is 2.34. The molecule has 0 aliphatic heterocycles. The Morgan fingerprint density at radius 1 is 1.27 bits per heavy atom. The van der Waals surface area contributed by atoms with E-state index < -0.39 is 0 Å². The average Bonchev–Trinajstić information content (AvgIpc) is 1.94. The molecule has 4 heteroatoms. The smallest absolute Gasteiger partial charge is 0.226 e. The highest BCUT2D eigenvalue weighted by atomic mass is 35.5. The molecule has 0 amide bonds. The van der Waals surface area contributed by atoms with Gasteiger partial charge in [0.15, 0.2) is 0 Å². The minimum Gasteiger partial charge on any atom is -0.281 e. The average molecular weight is 216 g/mol. The number of alkyl halides is 2. The monoisotopic (exact) mass is 214 g/mol. The van der Waals surface area contributed by atoms with Crippen LogP contribution in [-0.2, 0) is 4.79 Å². The molecule has 11 heavy (non-hydrogen) atoms. The van der Waals surface area contributed by atoms with E-state index in [1.165, 1.54) is 0 Å². The van der Waals surface area contributed by atoms with E-state index >= 15 is 0 Å². The van der Waals surface area contributed by atoms with E-state index in [-0.39, 0.29) is 21.9 Å². The molecule has 0 aromatic heterocycles. The van der Waals surface area contributed by atoms with Gasteiger partial charge in [-0.3, -0.25) is 4.79 Å². The van der Waals surface area contributed by atoms with Gasteiger partial charge in [0.05, 0.1) is 16.7 Å². The molecular weight excluding hydrogens is 206 g/mol. The zero-order valence-corrected chi connectivity index (χ0v) is 8.16. The summed E-state index contributed by atoms with van der Waals surface area (Å²) in [4.78, 5) is 10.8. The first-order valence-electron chi connectivity index (χ1n) is 3.60. The number of carbonyl (C=O) groups is 1. The molecule has 0 aromatic rings.